The molecule has 0 fully saturated rings. The molecule has 0 bridgehead atoms. The normalized spacial score (nSPS) is 14.3. The van der Waals surface area contributed by atoms with Gasteiger partial charge in [-0.1, -0.05) is 29.8 Å². The molecular formula is C17H21Cl3N4. The molecule has 0 aliphatic carbocycles. The lowest BCUT2D eigenvalue weighted by Crippen LogP contribution is -2.28. The average molecular weight is 388 g/mol. The van der Waals surface area contributed by atoms with Crippen LogP contribution in [0.25, 0.3) is 5.57 Å². The second-order valence-electron chi connectivity index (χ2n) is 5.55. The Bertz CT molecular complexity index is 701. The molecule has 1 aromatic carbocycles. The van der Waals surface area contributed by atoms with E-state index in [0.717, 1.165) is 36.6 Å². The predicted molar refractivity (Wildman–Crippen MR) is 105 cm³/mol. The number of nitrogens with two attached hydrogens (primary N) is 1. The zero-order valence-corrected chi connectivity index (χ0v) is 15.8. The molecule has 0 spiro atoms. The Labute approximate surface area is 159 Å². The Morgan fingerprint density at radius 1 is 1.21 bits per heavy atom. The summed E-state index contributed by atoms with van der Waals surface area (Å²) in [5, 5.41) is 0.775. The van der Waals surface area contributed by atoms with Gasteiger partial charge in [-0.2, -0.15) is 0 Å². The molecule has 24 heavy (non-hydrogen) atoms. The highest BCUT2D eigenvalue weighted by molar-refractivity contribution is 6.30. The Hall–Kier alpha value is -1.33. The van der Waals surface area contributed by atoms with Crippen LogP contribution in [-0.2, 0) is 6.54 Å². The van der Waals surface area contributed by atoms with E-state index in [4.69, 9.17) is 17.3 Å². The van der Waals surface area contributed by atoms with Crippen molar-refractivity contribution in [1.82, 2.24) is 14.9 Å². The van der Waals surface area contributed by atoms with Crippen molar-refractivity contribution >= 4 is 47.8 Å². The summed E-state index contributed by atoms with van der Waals surface area (Å²) in [4.78, 5) is 10.8. The third-order valence-corrected chi connectivity index (χ3v) is 4.17. The second kappa shape index (κ2) is 9.23. The van der Waals surface area contributed by atoms with E-state index in [2.05, 4.69) is 33.1 Å². The molecule has 1 aliphatic rings. The van der Waals surface area contributed by atoms with Crippen LogP contribution in [0.5, 0.6) is 0 Å². The molecular weight excluding hydrogens is 367 g/mol. The number of aryl methyl sites for hydroxylation is 1. The summed E-state index contributed by atoms with van der Waals surface area (Å²) in [5.74, 6) is 1.30. The van der Waals surface area contributed by atoms with Gasteiger partial charge in [0, 0.05) is 36.4 Å². The van der Waals surface area contributed by atoms with Gasteiger partial charge in [-0.25, -0.2) is 9.97 Å². The number of rotatable bonds is 3. The van der Waals surface area contributed by atoms with E-state index in [1.165, 1.54) is 11.1 Å². The molecule has 4 nitrogen and oxygen atoms in total. The Kier molecular flexibility index (Phi) is 7.97. The summed E-state index contributed by atoms with van der Waals surface area (Å²) in [7, 11) is 0. The summed E-state index contributed by atoms with van der Waals surface area (Å²) < 4.78 is 0. The molecule has 0 amide bonds. The maximum atomic E-state index is 5.97. The van der Waals surface area contributed by atoms with Gasteiger partial charge in [0.15, 0.2) is 0 Å². The van der Waals surface area contributed by atoms with Crippen molar-refractivity contribution in [2.24, 2.45) is 0 Å². The van der Waals surface area contributed by atoms with Crippen LogP contribution in [0.2, 0.25) is 5.02 Å². The first kappa shape index (κ1) is 20.7. The molecule has 2 heterocycles. The summed E-state index contributed by atoms with van der Waals surface area (Å²) >= 11 is 5.94. The van der Waals surface area contributed by atoms with Crippen LogP contribution in [0.3, 0.4) is 0 Å². The smallest absolute Gasteiger partial charge is 0.131 e. The molecule has 0 unspecified atom stereocenters. The third kappa shape index (κ3) is 5.08. The van der Waals surface area contributed by atoms with Crippen molar-refractivity contribution in [1.29, 1.82) is 0 Å². The maximum absolute atomic E-state index is 5.97. The van der Waals surface area contributed by atoms with Crippen molar-refractivity contribution in [2.45, 2.75) is 19.9 Å². The fourth-order valence-corrected chi connectivity index (χ4v) is 2.78. The quantitative estimate of drug-likeness (QED) is 0.859. The van der Waals surface area contributed by atoms with Gasteiger partial charge in [-0.3, -0.25) is 4.90 Å². The highest BCUT2D eigenvalue weighted by Gasteiger charge is 2.15. The van der Waals surface area contributed by atoms with Crippen molar-refractivity contribution in [3.8, 4) is 0 Å². The molecule has 1 aromatic heterocycles. The van der Waals surface area contributed by atoms with Gasteiger partial charge >= 0.3 is 0 Å². The van der Waals surface area contributed by atoms with E-state index in [1.54, 1.807) is 0 Å². The highest BCUT2D eigenvalue weighted by atomic mass is 35.5. The summed E-state index contributed by atoms with van der Waals surface area (Å²) in [6.07, 6.45) is 5.13. The van der Waals surface area contributed by atoms with Gasteiger partial charge in [-0.05, 0) is 36.6 Å². The molecule has 1 aliphatic heterocycles. The van der Waals surface area contributed by atoms with Crippen molar-refractivity contribution in [3.63, 3.8) is 0 Å². The fourth-order valence-electron chi connectivity index (χ4n) is 2.66. The largest absolute Gasteiger partial charge is 0.383 e. The molecule has 0 atom stereocenters. The van der Waals surface area contributed by atoms with Crippen molar-refractivity contribution in [2.75, 3.05) is 18.8 Å². The molecule has 130 valence electrons. The van der Waals surface area contributed by atoms with E-state index in [9.17, 15) is 0 Å². The van der Waals surface area contributed by atoms with Gasteiger partial charge < -0.3 is 5.73 Å². The summed E-state index contributed by atoms with van der Waals surface area (Å²) in [5.41, 5.74) is 9.59. The first-order valence-electron chi connectivity index (χ1n) is 7.37. The molecule has 0 radical (unpaired) electrons. The third-order valence-electron chi connectivity index (χ3n) is 3.92. The highest BCUT2D eigenvalue weighted by Crippen LogP contribution is 2.24. The lowest BCUT2D eigenvalue weighted by Gasteiger charge is -2.26. The number of hydrogen-bond donors (Lipinski definition) is 1. The van der Waals surface area contributed by atoms with Crippen LogP contribution >= 0.6 is 36.4 Å². The number of aromatic nitrogens is 2. The Morgan fingerprint density at radius 3 is 2.50 bits per heavy atom. The molecule has 7 heteroatoms. The number of hydrogen-bond acceptors (Lipinski definition) is 4. The van der Waals surface area contributed by atoms with Crippen LogP contribution < -0.4 is 5.73 Å². The topological polar surface area (TPSA) is 55.0 Å². The van der Waals surface area contributed by atoms with Crippen molar-refractivity contribution < 1.29 is 0 Å². The molecule has 0 saturated carbocycles. The molecule has 2 aromatic rings. The van der Waals surface area contributed by atoms with Crippen LogP contribution in [0.1, 0.15) is 23.4 Å². The molecule has 3 rings (SSSR count). The van der Waals surface area contributed by atoms with Crippen LogP contribution in [0, 0.1) is 6.92 Å². The van der Waals surface area contributed by atoms with Gasteiger partial charge in [0.25, 0.3) is 0 Å². The van der Waals surface area contributed by atoms with Crippen LogP contribution in [-0.4, -0.2) is 28.0 Å². The van der Waals surface area contributed by atoms with E-state index >= 15 is 0 Å². The maximum Gasteiger partial charge on any atom is 0.131 e. The lowest BCUT2D eigenvalue weighted by molar-refractivity contribution is 0.293. The Balaban J connectivity index is 0.00000144. The zero-order valence-electron chi connectivity index (χ0n) is 13.4. The first-order chi connectivity index (χ1) is 10.6. The van der Waals surface area contributed by atoms with Crippen molar-refractivity contribution in [3.05, 3.63) is 58.5 Å². The molecule has 2 N–H and O–H groups in total. The second-order valence-corrected chi connectivity index (χ2v) is 5.99. The predicted octanol–water partition coefficient (Wildman–Crippen LogP) is 4.15. The average Bonchev–Trinajstić information content (AvgIpc) is 2.52. The number of nitrogens with zero attached hydrogens (tertiary/aromatic N) is 3. The number of anilines is 1. The van der Waals surface area contributed by atoms with Gasteiger partial charge in [0.05, 0.1) is 0 Å². The zero-order chi connectivity index (χ0) is 15.5. The molecule has 0 saturated heterocycles. The fraction of sp³-hybridized carbons (Fsp3) is 0.294. The number of halogens is 3. The van der Waals surface area contributed by atoms with Gasteiger partial charge in [-0.15, -0.1) is 24.8 Å². The Morgan fingerprint density at radius 2 is 1.92 bits per heavy atom. The minimum absolute atomic E-state index is 0. The first-order valence-corrected chi connectivity index (χ1v) is 7.75. The van der Waals surface area contributed by atoms with E-state index in [-0.39, 0.29) is 24.8 Å². The van der Waals surface area contributed by atoms with E-state index in [0.29, 0.717) is 11.6 Å². The van der Waals surface area contributed by atoms with E-state index in [1.807, 2.05) is 25.3 Å². The van der Waals surface area contributed by atoms with Gasteiger partial charge in [0.2, 0.25) is 0 Å². The summed E-state index contributed by atoms with van der Waals surface area (Å²) in [6.45, 7) is 4.55. The monoisotopic (exact) mass is 386 g/mol. The minimum Gasteiger partial charge on any atom is -0.383 e. The van der Waals surface area contributed by atoms with Crippen LogP contribution in [0.4, 0.5) is 5.82 Å². The number of benzene rings is 1. The SMILES string of the molecule is Cc1ncc(CN2CC=C(c3ccc(Cl)cc3)CC2)c(N)n1.Cl.Cl. The standard InChI is InChI=1S/C17H19ClN4.2ClH/c1-12-20-10-15(17(19)21-12)11-22-8-6-14(7-9-22)13-2-4-16(18)5-3-13;;/h2-6,10H,7-9,11H2,1H3,(H2,19,20,21);2*1H. The summed E-state index contributed by atoms with van der Waals surface area (Å²) in [6, 6.07) is 8.04. The van der Waals surface area contributed by atoms with Gasteiger partial charge in [0.1, 0.15) is 11.6 Å². The minimum atomic E-state index is 0. The van der Waals surface area contributed by atoms with Crippen LogP contribution in [0.15, 0.2) is 36.5 Å². The van der Waals surface area contributed by atoms with E-state index < -0.39 is 0 Å². The number of nitrogen functional groups attached to an aromatic ring is 1. The lowest BCUT2D eigenvalue weighted by atomic mass is 9.99.